The summed E-state index contributed by atoms with van der Waals surface area (Å²) >= 11 is 5.81. The summed E-state index contributed by atoms with van der Waals surface area (Å²) < 4.78 is 11.0. The minimum Gasteiger partial charge on any atom is -0.488 e. The van der Waals surface area contributed by atoms with Crippen LogP contribution in [0.3, 0.4) is 0 Å². The number of benzene rings is 2. The second kappa shape index (κ2) is 8.32. The van der Waals surface area contributed by atoms with E-state index in [0.717, 1.165) is 17.2 Å². The topological polar surface area (TPSA) is 108 Å². The Bertz CT molecular complexity index is 1090. The van der Waals surface area contributed by atoms with Gasteiger partial charge < -0.3 is 14.6 Å². The summed E-state index contributed by atoms with van der Waals surface area (Å²) in [7, 11) is 0. The highest BCUT2D eigenvalue weighted by Crippen LogP contribution is 2.29. The third-order valence-electron chi connectivity index (χ3n) is 4.32. The van der Waals surface area contributed by atoms with Crippen LogP contribution < -0.4 is 10.1 Å². The molecule has 0 saturated carbocycles. The maximum Gasteiger partial charge on any atom is 0.294 e. The smallest absolute Gasteiger partial charge is 0.294 e. The summed E-state index contributed by atoms with van der Waals surface area (Å²) in [4.78, 5) is 23.3. The van der Waals surface area contributed by atoms with Gasteiger partial charge in [-0.25, -0.2) is 0 Å². The Kier molecular flexibility index (Phi) is 5.84. The van der Waals surface area contributed by atoms with E-state index >= 15 is 0 Å². The average Bonchev–Trinajstić information content (AvgIpc) is 3.04. The number of aromatic nitrogens is 1. The average molecular weight is 416 g/mol. The largest absolute Gasteiger partial charge is 0.488 e. The number of rotatable bonds is 6. The van der Waals surface area contributed by atoms with E-state index in [0.29, 0.717) is 17.1 Å². The zero-order valence-corrected chi connectivity index (χ0v) is 16.7. The van der Waals surface area contributed by atoms with Gasteiger partial charge in [-0.1, -0.05) is 28.9 Å². The Labute approximate surface area is 171 Å². The van der Waals surface area contributed by atoms with Crippen molar-refractivity contribution in [3.8, 4) is 5.75 Å². The van der Waals surface area contributed by atoms with E-state index < -0.39 is 10.8 Å². The van der Waals surface area contributed by atoms with Gasteiger partial charge in [-0.05, 0) is 50.1 Å². The Morgan fingerprint density at radius 3 is 2.72 bits per heavy atom. The van der Waals surface area contributed by atoms with E-state index in [1.807, 2.05) is 32.0 Å². The van der Waals surface area contributed by atoms with E-state index in [9.17, 15) is 14.9 Å². The molecule has 0 aliphatic rings. The second-order valence-corrected chi connectivity index (χ2v) is 6.93. The number of nitro benzene ring substituents is 1. The van der Waals surface area contributed by atoms with Crippen LogP contribution in [0.15, 0.2) is 40.9 Å². The van der Waals surface area contributed by atoms with Crippen molar-refractivity contribution in [3.63, 3.8) is 0 Å². The lowest BCUT2D eigenvalue weighted by molar-refractivity contribution is -0.383. The summed E-state index contributed by atoms with van der Waals surface area (Å²) in [6.07, 6.45) is 0. The van der Waals surface area contributed by atoms with Crippen LogP contribution in [0.4, 0.5) is 11.4 Å². The van der Waals surface area contributed by atoms with Crippen molar-refractivity contribution in [2.75, 3.05) is 5.32 Å². The molecule has 3 rings (SSSR count). The number of aryl methyl sites for hydroxylation is 3. The molecule has 1 heterocycles. The van der Waals surface area contributed by atoms with Crippen LogP contribution in [0.1, 0.15) is 32.9 Å². The van der Waals surface area contributed by atoms with E-state index in [4.69, 9.17) is 20.9 Å². The minimum absolute atomic E-state index is 0.00273. The fraction of sp³-hybridized carbons (Fsp3) is 0.200. The molecule has 0 saturated heterocycles. The Morgan fingerprint density at radius 2 is 2.00 bits per heavy atom. The number of hydrogen-bond donors (Lipinski definition) is 1. The SMILES string of the molecule is Cc1ccc(C)c(OCc2c(C(=O)Nc3ccc(Cl)cc3[N+](=O)[O-])noc2C)c1. The standard InChI is InChI=1S/C20H18ClN3O5/c1-11-4-5-12(2)18(8-11)28-10-15-13(3)29-23-19(15)20(25)22-16-7-6-14(21)9-17(16)24(26)27/h4-9H,10H2,1-3H3,(H,22,25). The first kappa shape index (κ1) is 20.3. The number of carbonyl (C=O) groups is 1. The third kappa shape index (κ3) is 4.55. The molecule has 150 valence electrons. The number of ether oxygens (including phenoxy) is 1. The van der Waals surface area contributed by atoms with Gasteiger partial charge in [-0.3, -0.25) is 14.9 Å². The molecule has 0 unspecified atom stereocenters. The molecule has 1 amide bonds. The number of nitro groups is 1. The molecule has 9 heteroatoms. The fourth-order valence-electron chi connectivity index (χ4n) is 2.70. The first-order chi connectivity index (χ1) is 13.8. The van der Waals surface area contributed by atoms with Gasteiger partial charge in [0.1, 0.15) is 23.8 Å². The van der Waals surface area contributed by atoms with E-state index in [-0.39, 0.29) is 28.7 Å². The van der Waals surface area contributed by atoms with Gasteiger partial charge >= 0.3 is 0 Å². The minimum atomic E-state index is -0.646. The van der Waals surface area contributed by atoms with Crippen LogP contribution in [-0.4, -0.2) is 16.0 Å². The predicted molar refractivity (Wildman–Crippen MR) is 108 cm³/mol. The van der Waals surface area contributed by atoms with Crippen molar-refractivity contribution in [1.29, 1.82) is 0 Å². The molecule has 0 bridgehead atoms. The van der Waals surface area contributed by atoms with E-state index in [1.165, 1.54) is 12.1 Å². The molecule has 0 radical (unpaired) electrons. The number of halogens is 1. The number of nitrogens with zero attached hydrogens (tertiary/aromatic N) is 2. The molecule has 0 spiro atoms. The Balaban J connectivity index is 1.83. The van der Waals surface area contributed by atoms with Crippen LogP contribution in [0.5, 0.6) is 5.75 Å². The van der Waals surface area contributed by atoms with Gasteiger partial charge in [0.2, 0.25) is 0 Å². The molecule has 0 atom stereocenters. The summed E-state index contributed by atoms with van der Waals surface area (Å²) in [5.74, 6) is 0.461. The van der Waals surface area contributed by atoms with Crippen molar-refractivity contribution >= 4 is 28.9 Å². The maximum absolute atomic E-state index is 12.7. The van der Waals surface area contributed by atoms with Crippen LogP contribution in [0.25, 0.3) is 0 Å². The second-order valence-electron chi connectivity index (χ2n) is 6.50. The van der Waals surface area contributed by atoms with Crippen molar-refractivity contribution in [1.82, 2.24) is 5.16 Å². The number of hydrogen-bond acceptors (Lipinski definition) is 6. The molecule has 29 heavy (non-hydrogen) atoms. The van der Waals surface area contributed by atoms with Crippen LogP contribution in [0, 0.1) is 30.9 Å². The van der Waals surface area contributed by atoms with E-state index in [2.05, 4.69) is 10.5 Å². The Hall–Kier alpha value is -3.39. The highest BCUT2D eigenvalue weighted by molar-refractivity contribution is 6.31. The molecule has 8 nitrogen and oxygen atoms in total. The van der Waals surface area contributed by atoms with Crippen molar-refractivity contribution in [2.24, 2.45) is 0 Å². The summed E-state index contributed by atoms with van der Waals surface area (Å²) in [5.41, 5.74) is 2.14. The van der Waals surface area contributed by atoms with E-state index in [1.54, 1.807) is 6.92 Å². The highest BCUT2D eigenvalue weighted by Gasteiger charge is 2.23. The normalized spacial score (nSPS) is 10.6. The van der Waals surface area contributed by atoms with Gasteiger partial charge in [-0.2, -0.15) is 0 Å². The summed E-state index contributed by atoms with van der Waals surface area (Å²) in [5, 5.41) is 17.7. The van der Waals surface area contributed by atoms with Crippen LogP contribution >= 0.6 is 11.6 Å². The fourth-order valence-corrected chi connectivity index (χ4v) is 2.86. The molecule has 0 aliphatic carbocycles. The number of nitrogens with one attached hydrogen (secondary N) is 1. The van der Waals surface area contributed by atoms with Crippen LogP contribution in [-0.2, 0) is 6.61 Å². The predicted octanol–water partition coefficient (Wildman–Crippen LogP) is 4.99. The highest BCUT2D eigenvalue weighted by atomic mass is 35.5. The molecular weight excluding hydrogens is 398 g/mol. The van der Waals surface area contributed by atoms with Crippen molar-refractivity contribution < 1.29 is 19.0 Å². The summed E-state index contributed by atoms with van der Waals surface area (Å²) in [6, 6.07) is 9.79. The molecule has 3 aromatic rings. The maximum atomic E-state index is 12.7. The number of amides is 1. The first-order valence-electron chi connectivity index (χ1n) is 8.66. The van der Waals surface area contributed by atoms with Crippen LogP contribution in [0.2, 0.25) is 5.02 Å². The number of carbonyl (C=O) groups excluding carboxylic acids is 1. The lowest BCUT2D eigenvalue weighted by Gasteiger charge is -2.10. The van der Waals surface area contributed by atoms with Gasteiger partial charge in [0.05, 0.1) is 10.5 Å². The number of anilines is 1. The third-order valence-corrected chi connectivity index (χ3v) is 4.56. The van der Waals surface area contributed by atoms with Gasteiger partial charge in [0.25, 0.3) is 11.6 Å². The molecule has 0 aliphatic heterocycles. The molecule has 0 fully saturated rings. The van der Waals surface area contributed by atoms with Crippen molar-refractivity contribution in [3.05, 3.63) is 79.7 Å². The van der Waals surface area contributed by atoms with Crippen molar-refractivity contribution in [2.45, 2.75) is 27.4 Å². The lowest BCUT2D eigenvalue weighted by Crippen LogP contribution is -2.16. The van der Waals surface area contributed by atoms with Gasteiger partial charge in [0.15, 0.2) is 5.69 Å². The first-order valence-corrected chi connectivity index (χ1v) is 9.04. The zero-order valence-electron chi connectivity index (χ0n) is 16.0. The van der Waals surface area contributed by atoms with Gasteiger partial charge in [0, 0.05) is 11.1 Å². The molecular formula is C20H18ClN3O5. The molecule has 2 aromatic carbocycles. The lowest BCUT2D eigenvalue weighted by atomic mass is 10.1. The quantitative estimate of drug-likeness (QED) is 0.448. The summed E-state index contributed by atoms with van der Waals surface area (Å²) in [6.45, 7) is 5.60. The van der Waals surface area contributed by atoms with Gasteiger partial charge in [-0.15, -0.1) is 0 Å². The Morgan fingerprint density at radius 1 is 1.24 bits per heavy atom. The zero-order chi connectivity index (χ0) is 21.1. The molecule has 1 N–H and O–H groups in total. The molecule has 1 aromatic heterocycles. The monoisotopic (exact) mass is 415 g/mol.